The molecule has 3 aromatic heterocycles. The minimum absolute atomic E-state index is 0.129. The molecule has 0 aliphatic rings. The van der Waals surface area contributed by atoms with Crippen molar-refractivity contribution in [1.29, 1.82) is 0 Å². The minimum Gasteiger partial charge on any atom is -0.348 e. The Balaban J connectivity index is 1.48. The lowest BCUT2D eigenvalue weighted by Gasteiger charge is -2.07. The molecule has 1 amide bonds. The molecule has 4 aromatic rings. The van der Waals surface area contributed by atoms with Crippen LogP contribution in [-0.2, 0) is 6.54 Å². The van der Waals surface area contributed by atoms with Crippen molar-refractivity contribution in [2.75, 3.05) is 0 Å². The van der Waals surface area contributed by atoms with Gasteiger partial charge in [-0.25, -0.2) is 9.67 Å². The summed E-state index contributed by atoms with van der Waals surface area (Å²) < 4.78 is 1.68. The maximum atomic E-state index is 12.3. The molecule has 0 atom stereocenters. The second-order valence-corrected chi connectivity index (χ2v) is 5.33. The van der Waals surface area contributed by atoms with Gasteiger partial charge >= 0.3 is 0 Å². The molecule has 0 radical (unpaired) electrons. The normalized spacial score (nSPS) is 10.8. The highest BCUT2D eigenvalue weighted by molar-refractivity contribution is 5.97. The van der Waals surface area contributed by atoms with E-state index in [1.165, 1.54) is 0 Å². The number of hydrogen-bond donors (Lipinski definition) is 2. The van der Waals surface area contributed by atoms with Gasteiger partial charge in [0.15, 0.2) is 5.82 Å². The fraction of sp³-hybridized carbons (Fsp3) is 0.0588. The maximum Gasteiger partial charge on any atom is 0.251 e. The van der Waals surface area contributed by atoms with E-state index >= 15 is 0 Å². The zero-order valence-electron chi connectivity index (χ0n) is 12.7. The molecule has 3 heterocycles. The van der Waals surface area contributed by atoms with E-state index in [-0.39, 0.29) is 5.91 Å². The Kier molecular flexibility index (Phi) is 3.51. The lowest BCUT2D eigenvalue weighted by atomic mass is 10.1. The van der Waals surface area contributed by atoms with Crippen molar-refractivity contribution in [3.63, 3.8) is 0 Å². The van der Waals surface area contributed by atoms with Crippen LogP contribution < -0.4 is 5.32 Å². The number of rotatable bonds is 4. The highest BCUT2D eigenvalue weighted by atomic mass is 16.1. The first-order chi connectivity index (χ1) is 11.8. The zero-order valence-corrected chi connectivity index (χ0v) is 12.7. The Labute approximate surface area is 137 Å². The van der Waals surface area contributed by atoms with Crippen molar-refractivity contribution in [2.45, 2.75) is 6.54 Å². The Morgan fingerprint density at radius 2 is 2.17 bits per heavy atom. The molecule has 118 valence electrons. The van der Waals surface area contributed by atoms with E-state index in [9.17, 15) is 4.79 Å². The fourth-order valence-corrected chi connectivity index (χ4v) is 2.47. The maximum absolute atomic E-state index is 12.3. The quantitative estimate of drug-likeness (QED) is 0.603. The number of amides is 1. The van der Waals surface area contributed by atoms with Crippen molar-refractivity contribution in [3.8, 4) is 5.82 Å². The van der Waals surface area contributed by atoms with Crippen molar-refractivity contribution in [3.05, 3.63) is 72.3 Å². The lowest BCUT2D eigenvalue weighted by molar-refractivity contribution is 0.0951. The predicted octanol–water partition coefficient (Wildman–Crippen LogP) is 2.07. The Morgan fingerprint density at radius 3 is 3.04 bits per heavy atom. The molecule has 0 saturated heterocycles. The van der Waals surface area contributed by atoms with Gasteiger partial charge in [0.05, 0.1) is 11.7 Å². The summed E-state index contributed by atoms with van der Waals surface area (Å²) in [7, 11) is 0. The van der Waals surface area contributed by atoms with Crippen LogP contribution in [0.3, 0.4) is 0 Å². The van der Waals surface area contributed by atoms with Crippen LogP contribution >= 0.6 is 0 Å². The lowest BCUT2D eigenvalue weighted by Crippen LogP contribution is -2.22. The van der Waals surface area contributed by atoms with Crippen LogP contribution in [0.4, 0.5) is 0 Å². The summed E-state index contributed by atoms with van der Waals surface area (Å²) in [5.41, 5.74) is 2.46. The van der Waals surface area contributed by atoms with Crippen molar-refractivity contribution >= 4 is 16.8 Å². The molecular formula is C17H14N6O. The summed E-state index contributed by atoms with van der Waals surface area (Å²) >= 11 is 0. The fourth-order valence-electron chi connectivity index (χ4n) is 2.47. The van der Waals surface area contributed by atoms with Crippen LogP contribution in [0.1, 0.15) is 15.9 Å². The third-order valence-electron chi connectivity index (χ3n) is 3.70. The number of benzene rings is 1. The number of fused-ring (bicyclic) bond motifs is 1. The number of H-pyrrole nitrogens is 1. The highest BCUT2D eigenvalue weighted by Gasteiger charge is 2.08. The van der Waals surface area contributed by atoms with Gasteiger partial charge in [0.25, 0.3) is 5.91 Å². The highest BCUT2D eigenvalue weighted by Crippen LogP contribution is 2.13. The van der Waals surface area contributed by atoms with Gasteiger partial charge < -0.3 is 5.32 Å². The smallest absolute Gasteiger partial charge is 0.251 e. The number of carbonyl (C=O) groups is 1. The summed E-state index contributed by atoms with van der Waals surface area (Å²) in [6.45, 7) is 0.416. The molecule has 0 unspecified atom stereocenters. The van der Waals surface area contributed by atoms with Gasteiger partial charge in [-0.3, -0.25) is 9.89 Å². The molecule has 0 aliphatic heterocycles. The van der Waals surface area contributed by atoms with E-state index in [1.807, 2.05) is 36.5 Å². The number of pyridine rings is 1. The largest absolute Gasteiger partial charge is 0.348 e. The number of nitrogens with one attached hydrogen (secondary N) is 2. The third-order valence-corrected chi connectivity index (χ3v) is 3.70. The molecule has 4 rings (SSSR count). The van der Waals surface area contributed by atoms with Crippen molar-refractivity contribution in [1.82, 2.24) is 30.3 Å². The molecular weight excluding hydrogens is 304 g/mol. The number of nitrogens with zero attached hydrogens (tertiary/aromatic N) is 4. The first-order valence-corrected chi connectivity index (χ1v) is 7.46. The summed E-state index contributed by atoms with van der Waals surface area (Å²) in [6, 6.07) is 11.0. The summed E-state index contributed by atoms with van der Waals surface area (Å²) in [4.78, 5) is 16.6. The van der Waals surface area contributed by atoms with Gasteiger partial charge in [0.2, 0.25) is 0 Å². The molecule has 0 spiro atoms. The topological polar surface area (TPSA) is 88.5 Å². The van der Waals surface area contributed by atoms with Gasteiger partial charge in [-0.05, 0) is 42.0 Å². The first kappa shape index (κ1) is 14.1. The van der Waals surface area contributed by atoms with E-state index in [2.05, 4.69) is 25.6 Å². The van der Waals surface area contributed by atoms with E-state index < -0.39 is 0 Å². The minimum atomic E-state index is -0.129. The van der Waals surface area contributed by atoms with Crippen LogP contribution in [0, 0.1) is 0 Å². The van der Waals surface area contributed by atoms with Crippen LogP contribution in [0.25, 0.3) is 16.7 Å². The third kappa shape index (κ3) is 2.74. The zero-order chi connectivity index (χ0) is 16.4. The van der Waals surface area contributed by atoms with Crippen molar-refractivity contribution in [2.24, 2.45) is 0 Å². The molecule has 7 nitrogen and oxygen atoms in total. The second kappa shape index (κ2) is 5.96. The van der Waals surface area contributed by atoms with Gasteiger partial charge in [-0.2, -0.15) is 10.2 Å². The standard InChI is InChI=1S/C17H14N6O/c24-17(13-2-3-15-14(9-13)11-20-22-15)19-10-12-4-6-18-16(8-12)23-7-1-5-21-23/h1-9,11H,10H2,(H,19,24)(H,20,22). The monoisotopic (exact) mass is 318 g/mol. The molecule has 2 N–H and O–H groups in total. The van der Waals surface area contributed by atoms with Gasteiger partial charge in [0.1, 0.15) is 0 Å². The SMILES string of the molecule is O=C(NCc1ccnc(-n2cccn2)c1)c1ccc2[nH]ncc2c1. The summed E-state index contributed by atoms with van der Waals surface area (Å²) in [5.74, 6) is 0.585. The van der Waals surface area contributed by atoms with Crippen molar-refractivity contribution < 1.29 is 4.79 Å². The van der Waals surface area contributed by atoms with E-state index in [0.29, 0.717) is 17.9 Å². The molecule has 7 heteroatoms. The molecule has 24 heavy (non-hydrogen) atoms. The molecule has 0 bridgehead atoms. The number of aromatic amines is 1. The van der Waals surface area contributed by atoms with Gasteiger partial charge in [-0.15, -0.1) is 0 Å². The Bertz CT molecular complexity index is 989. The summed E-state index contributed by atoms with van der Waals surface area (Å²) in [6.07, 6.45) is 6.92. The average molecular weight is 318 g/mol. The number of hydrogen-bond acceptors (Lipinski definition) is 4. The number of carbonyl (C=O) groups excluding carboxylic acids is 1. The molecule has 1 aromatic carbocycles. The predicted molar refractivity (Wildman–Crippen MR) is 88.6 cm³/mol. The Hall–Kier alpha value is -3.48. The molecule has 0 saturated carbocycles. The first-order valence-electron chi connectivity index (χ1n) is 7.46. The average Bonchev–Trinajstić information content (AvgIpc) is 3.30. The van der Waals surface area contributed by atoms with Crippen LogP contribution in [0.5, 0.6) is 0 Å². The second-order valence-electron chi connectivity index (χ2n) is 5.33. The number of aromatic nitrogens is 5. The van der Waals surface area contributed by atoms with Crippen LogP contribution in [0.15, 0.2) is 61.2 Å². The Morgan fingerprint density at radius 1 is 1.21 bits per heavy atom. The van der Waals surface area contributed by atoms with Gasteiger partial charge in [0, 0.05) is 36.1 Å². The van der Waals surface area contributed by atoms with Crippen LogP contribution in [-0.4, -0.2) is 30.9 Å². The van der Waals surface area contributed by atoms with E-state index in [1.54, 1.807) is 29.3 Å². The van der Waals surface area contributed by atoms with Gasteiger partial charge in [-0.1, -0.05) is 0 Å². The van der Waals surface area contributed by atoms with E-state index in [0.717, 1.165) is 16.5 Å². The van der Waals surface area contributed by atoms with Crippen LogP contribution in [0.2, 0.25) is 0 Å². The molecule has 0 fully saturated rings. The summed E-state index contributed by atoms with van der Waals surface area (Å²) in [5, 5.41) is 14.8. The molecule has 0 aliphatic carbocycles. The van der Waals surface area contributed by atoms with E-state index in [4.69, 9.17) is 0 Å².